The topological polar surface area (TPSA) is 42.0 Å². The molecule has 0 aliphatic heterocycles. The van der Waals surface area contributed by atoms with E-state index in [0.717, 1.165) is 27.9 Å². The van der Waals surface area contributed by atoms with Gasteiger partial charge < -0.3 is 5.32 Å². The Hall–Kier alpha value is -2.94. The predicted octanol–water partition coefficient (Wildman–Crippen LogP) is 5.23. The highest BCUT2D eigenvalue weighted by Gasteiger charge is 2.09. The Morgan fingerprint density at radius 3 is 1.88 bits per heavy atom. The van der Waals surface area contributed by atoms with Gasteiger partial charge in [0.2, 0.25) is 0 Å². The number of rotatable bonds is 3. The number of hydrogen-bond acceptors (Lipinski definition) is 2. The molecule has 0 bridgehead atoms. The van der Waals surface area contributed by atoms with Crippen LogP contribution in [0.2, 0.25) is 0 Å². The second-order valence-electron chi connectivity index (χ2n) is 6.67. The van der Waals surface area contributed by atoms with E-state index >= 15 is 0 Å². The van der Waals surface area contributed by atoms with Crippen molar-refractivity contribution in [3.05, 3.63) is 82.7 Å². The average Bonchev–Trinajstić information content (AvgIpc) is 2.53. The van der Waals surface area contributed by atoms with Gasteiger partial charge in [0, 0.05) is 23.6 Å². The predicted molar refractivity (Wildman–Crippen MR) is 103 cm³/mol. The minimum atomic E-state index is -0.149. The van der Waals surface area contributed by atoms with Crippen LogP contribution in [0, 0.1) is 27.7 Å². The Labute approximate surface area is 148 Å². The molecule has 1 amide bonds. The van der Waals surface area contributed by atoms with Crippen molar-refractivity contribution in [1.82, 2.24) is 4.98 Å². The summed E-state index contributed by atoms with van der Waals surface area (Å²) in [5, 5.41) is 2.96. The summed E-state index contributed by atoms with van der Waals surface area (Å²) in [5.41, 5.74) is 8.01. The van der Waals surface area contributed by atoms with Gasteiger partial charge in [-0.1, -0.05) is 35.4 Å². The zero-order valence-corrected chi connectivity index (χ0v) is 15.1. The number of carbonyl (C=O) groups excluding carboxylic acids is 1. The number of hydrogen-bond donors (Lipinski definition) is 1. The Morgan fingerprint density at radius 2 is 1.28 bits per heavy atom. The maximum atomic E-state index is 12.6. The number of anilines is 1. The Bertz CT molecular complexity index is 904. The number of aryl methyl sites for hydroxylation is 4. The van der Waals surface area contributed by atoms with Gasteiger partial charge in [-0.2, -0.15) is 0 Å². The van der Waals surface area contributed by atoms with Gasteiger partial charge in [-0.25, -0.2) is 0 Å². The lowest BCUT2D eigenvalue weighted by Crippen LogP contribution is -2.12. The van der Waals surface area contributed by atoms with Gasteiger partial charge in [-0.05, 0) is 62.6 Å². The third-order valence-electron chi connectivity index (χ3n) is 4.04. The molecule has 3 aromatic rings. The first-order valence-corrected chi connectivity index (χ1v) is 8.34. The molecular weight excluding hydrogens is 308 g/mol. The molecule has 0 aliphatic carbocycles. The van der Waals surface area contributed by atoms with Crippen LogP contribution in [0.4, 0.5) is 5.69 Å². The molecule has 0 radical (unpaired) electrons. The van der Waals surface area contributed by atoms with E-state index in [0.29, 0.717) is 5.56 Å². The summed E-state index contributed by atoms with van der Waals surface area (Å²) < 4.78 is 0. The summed E-state index contributed by atoms with van der Waals surface area (Å²) in [4.78, 5) is 16.9. The molecule has 0 fully saturated rings. The molecule has 2 aromatic carbocycles. The van der Waals surface area contributed by atoms with Gasteiger partial charge in [-0.3, -0.25) is 9.78 Å². The highest BCUT2D eigenvalue weighted by Crippen LogP contribution is 2.23. The maximum Gasteiger partial charge on any atom is 0.257 e. The van der Waals surface area contributed by atoms with E-state index < -0.39 is 0 Å². The van der Waals surface area contributed by atoms with Crippen LogP contribution in [-0.4, -0.2) is 10.9 Å². The van der Waals surface area contributed by atoms with E-state index in [1.165, 1.54) is 11.1 Å². The van der Waals surface area contributed by atoms with E-state index in [1.807, 2.05) is 32.0 Å². The van der Waals surface area contributed by atoms with Gasteiger partial charge in [0.05, 0.1) is 5.56 Å². The third-order valence-corrected chi connectivity index (χ3v) is 4.04. The van der Waals surface area contributed by atoms with Crippen molar-refractivity contribution in [2.45, 2.75) is 27.7 Å². The second-order valence-corrected chi connectivity index (χ2v) is 6.67. The first-order valence-electron chi connectivity index (χ1n) is 8.34. The number of nitrogens with one attached hydrogen (secondary N) is 1. The summed E-state index contributed by atoms with van der Waals surface area (Å²) in [7, 11) is 0. The molecule has 3 heteroatoms. The molecule has 126 valence electrons. The number of amides is 1. The molecule has 25 heavy (non-hydrogen) atoms. The second kappa shape index (κ2) is 6.89. The van der Waals surface area contributed by atoms with E-state index in [1.54, 1.807) is 12.4 Å². The van der Waals surface area contributed by atoms with Gasteiger partial charge in [-0.15, -0.1) is 0 Å². The smallest absolute Gasteiger partial charge is 0.257 e. The van der Waals surface area contributed by atoms with Crippen molar-refractivity contribution in [2.24, 2.45) is 0 Å². The molecule has 0 unspecified atom stereocenters. The molecule has 3 rings (SSSR count). The van der Waals surface area contributed by atoms with Gasteiger partial charge in [0.1, 0.15) is 0 Å². The third kappa shape index (κ3) is 4.13. The van der Waals surface area contributed by atoms with Crippen molar-refractivity contribution >= 4 is 11.6 Å². The number of benzene rings is 2. The summed E-state index contributed by atoms with van der Waals surface area (Å²) >= 11 is 0. The molecule has 1 aromatic heterocycles. The normalized spacial score (nSPS) is 10.6. The van der Waals surface area contributed by atoms with Crippen LogP contribution in [0.25, 0.3) is 11.1 Å². The fourth-order valence-corrected chi connectivity index (χ4v) is 3.11. The molecule has 3 nitrogen and oxygen atoms in total. The van der Waals surface area contributed by atoms with Crippen molar-refractivity contribution in [2.75, 3.05) is 5.32 Å². The van der Waals surface area contributed by atoms with Crippen molar-refractivity contribution in [3.8, 4) is 11.1 Å². The number of pyridine rings is 1. The molecule has 0 spiro atoms. The highest BCUT2D eigenvalue weighted by atomic mass is 16.1. The molecule has 1 heterocycles. The monoisotopic (exact) mass is 330 g/mol. The van der Waals surface area contributed by atoms with Crippen molar-refractivity contribution < 1.29 is 4.79 Å². The SMILES string of the molecule is Cc1cc(C)cc(NC(=O)c2cncc(-c3cc(C)cc(C)c3)c2)c1. The van der Waals surface area contributed by atoms with Crippen LogP contribution in [0.5, 0.6) is 0 Å². The molecule has 1 N–H and O–H groups in total. The van der Waals surface area contributed by atoms with Gasteiger partial charge in [0.25, 0.3) is 5.91 Å². The van der Waals surface area contributed by atoms with Crippen LogP contribution in [0.3, 0.4) is 0 Å². The van der Waals surface area contributed by atoms with Crippen LogP contribution in [0.1, 0.15) is 32.6 Å². The van der Waals surface area contributed by atoms with Crippen molar-refractivity contribution in [1.29, 1.82) is 0 Å². The molecule has 0 aliphatic rings. The summed E-state index contributed by atoms with van der Waals surface area (Å²) in [6, 6.07) is 14.2. The average molecular weight is 330 g/mol. The minimum absolute atomic E-state index is 0.149. The molecule has 0 saturated carbocycles. The zero-order valence-electron chi connectivity index (χ0n) is 15.1. The fraction of sp³-hybridized carbons (Fsp3) is 0.182. The summed E-state index contributed by atoms with van der Waals surface area (Å²) in [6.07, 6.45) is 3.39. The van der Waals surface area contributed by atoms with Gasteiger partial charge >= 0.3 is 0 Å². The molecule has 0 saturated heterocycles. The largest absolute Gasteiger partial charge is 0.322 e. The fourth-order valence-electron chi connectivity index (χ4n) is 3.11. The van der Waals surface area contributed by atoms with Crippen LogP contribution in [0.15, 0.2) is 54.9 Å². The van der Waals surface area contributed by atoms with E-state index in [-0.39, 0.29) is 5.91 Å². The number of carbonyl (C=O) groups is 1. The summed E-state index contributed by atoms with van der Waals surface area (Å²) in [5.74, 6) is -0.149. The lowest BCUT2D eigenvalue weighted by atomic mass is 10.0. The Balaban J connectivity index is 1.89. The molecule has 0 atom stereocenters. The van der Waals surface area contributed by atoms with Crippen LogP contribution >= 0.6 is 0 Å². The zero-order chi connectivity index (χ0) is 18.0. The van der Waals surface area contributed by atoms with Crippen LogP contribution in [-0.2, 0) is 0 Å². The number of aromatic nitrogens is 1. The van der Waals surface area contributed by atoms with Crippen molar-refractivity contribution in [3.63, 3.8) is 0 Å². The van der Waals surface area contributed by atoms with Gasteiger partial charge in [0.15, 0.2) is 0 Å². The van der Waals surface area contributed by atoms with E-state index in [4.69, 9.17) is 0 Å². The summed E-state index contributed by atoms with van der Waals surface area (Å²) in [6.45, 7) is 8.18. The molecular formula is C22H22N2O. The highest BCUT2D eigenvalue weighted by molar-refractivity contribution is 6.04. The Kier molecular flexibility index (Phi) is 4.66. The van der Waals surface area contributed by atoms with Crippen LogP contribution < -0.4 is 5.32 Å². The quantitative estimate of drug-likeness (QED) is 0.714. The van der Waals surface area contributed by atoms with E-state index in [2.05, 4.69) is 48.4 Å². The Morgan fingerprint density at radius 1 is 0.720 bits per heavy atom. The minimum Gasteiger partial charge on any atom is -0.322 e. The van der Waals surface area contributed by atoms with E-state index in [9.17, 15) is 4.79 Å². The first-order chi connectivity index (χ1) is 11.9. The lowest BCUT2D eigenvalue weighted by Gasteiger charge is -2.09. The maximum absolute atomic E-state index is 12.6. The standard InChI is InChI=1S/C22H22N2O/c1-14-5-15(2)8-18(7-14)19-11-20(13-23-12-19)22(25)24-21-9-16(3)6-17(4)10-21/h5-13H,1-4H3,(H,24,25). The number of nitrogens with zero attached hydrogens (tertiary/aromatic N) is 1. The lowest BCUT2D eigenvalue weighted by molar-refractivity contribution is 0.102. The first kappa shape index (κ1) is 16.9.